The number of nitrogens with zero attached hydrogens (tertiary/aromatic N) is 2. The van der Waals surface area contributed by atoms with Crippen LogP contribution >= 0.6 is 11.8 Å². The number of rotatable bonds is 6. The number of aromatic nitrogens is 2. The van der Waals surface area contributed by atoms with Gasteiger partial charge in [0.1, 0.15) is 18.2 Å². The van der Waals surface area contributed by atoms with Crippen molar-refractivity contribution in [2.75, 3.05) is 25.7 Å². The van der Waals surface area contributed by atoms with Crippen LogP contribution in [0.3, 0.4) is 0 Å². The fourth-order valence-corrected chi connectivity index (χ4v) is 1.99. The van der Waals surface area contributed by atoms with Crippen molar-refractivity contribution in [1.29, 1.82) is 0 Å². The molecule has 0 radical (unpaired) electrons. The highest BCUT2D eigenvalue weighted by Crippen LogP contribution is 2.20. The Kier molecular flexibility index (Phi) is 5.06. The van der Waals surface area contributed by atoms with Crippen LogP contribution in [-0.2, 0) is 6.61 Å². The largest absolute Gasteiger partial charge is 0.497 e. The summed E-state index contributed by atoms with van der Waals surface area (Å²) in [6, 6.07) is 9.54. The average Bonchev–Trinajstić information content (AvgIpc) is 2.52. The molecule has 1 aromatic carbocycles. The molecule has 1 N–H and O–H groups in total. The molecule has 1 heterocycles. The fraction of sp³-hybridized carbons (Fsp3) is 0.286. The van der Waals surface area contributed by atoms with Crippen LogP contribution in [0.2, 0.25) is 0 Å². The van der Waals surface area contributed by atoms with E-state index >= 15 is 0 Å². The van der Waals surface area contributed by atoms with Gasteiger partial charge in [-0.1, -0.05) is 23.9 Å². The maximum atomic E-state index is 5.72. The van der Waals surface area contributed by atoms with Gasteiger partial charge >= 0.3 is 0 Å². The molecule has 5 nitrogen and oxygen atoms in total. The molecule has 0 amide bonds. The highest BCUT2D eigenvalue weighted by Gasteiger charge is 2.05. The molecule has 0 aliphatic heterocycles. The number of thioether (sulfide) groups is 1. The van der Waals surface area contributed by atoms with E-state index in [1.807, 2.05) is 37.6 Å². The first-order valence-electron chi connectivity index (χ1n) is 6.11. The summed E-state index contributed by atoms with van der Waals surface area (Å²) in [5.74, 6) is 2.11. The van der Waals surface area contributed by atoms with Crippen LogP contribution in [0.15, 0.2) is 35.5 Å². The van der Waals surface area contributed by atoms with E-state index in [0.717, 1.165) is 17.1 Å². The molecule has 0 spiro atoms. The Bertz CT molecular complexity index is 556. The third kappa shape index (κ3) is 3.77. The zero-order valence-corrected chi connectivity index (χ0v) is 12.5. The highest BCUT2D eigenvalue weighted by molar-refractivity contribution is 7.98. The van der Waals surface area contributed by atoms with E-state index in [0.29, 0.717) is 17.6 Å². The van der Waals surface area contributed by atoms with Crippen molar-refractivity contribution in [3.8, 4) is 11.6 Å². The molecule has 6 heteroatoms. The Morgan fingerprint density at radius 3 is 2.80 bits per heavy atom. The summed E-state index contributed by atoms with van der Waals surface area (Å²) < 4.78 is 10.9. The second-order valence-electron chi connectivity index (χ2n) is 3.97. The van der Waals surface area contributed by atoms with Crippen LogP contribution in [0.4, 0.5) is 5.82 Å². The van der Waals surface area contributed by atoms with E-state index in [1.165, 1.54) is 11.8 Å². The standard InChI is InChI=1S/C14H17N3O2S/c1-15-12-8-13(17-14(16-12)20-3)19-9-10-5-4-6-11(7-10)18-2/h4-8H,9H2,1-3H3,(H,15,16,17). The number of hydrogen-bond acceptors (Lipinski definition) is 6. The van der Waals surface area contributed by atoms with E-state index in [4.69, 9.17) is 9.47 Å². The minimum atomic E-state index is 0.436. The molecule has 0 saturated heterocycles. The predicted molar refractivity (Wildman–Crippen MR) is 80.7 cm³/mol. The molecule has 1 aromatic heterocycles. The quantitative estimate of drug-likeness (QED) is 0.652. The Labute approximate surface area is 122 Å². The molecule has 0 atom stereocenters. The maximum absolute atomic E-state index is 5.72. The van der Waals surface area contributed by atoms with Crippen LogP contribution in [-0.4, -0.2) is 30.4 Å². The van der Waals surface area contributed by atoms with Crippen molar-refractivity contribution >= 4 is 17.6 Å². The number of ether oxygens (including phenoxy) is 2. The third-order valence-electron chi connectivity index (χ3n) is 2.64. The van der Waals surface area contributed by atoms with Crippen molar-refractivity contribution in [3.63, 3.8) is 0 Å². The van der Waals surface area contributed by atoms with E-state index < -0.39 is 0 Å². The van der Waals surface area contributed by atoms with Gasteiger partial charge in [-0.15, -0.1) is 0 Å². The summed E-state index contributed by atoms with van der Waals surface area (Å²) in [5, 5.41) is 3.67. The SMILES string of the molecule is CNc1cc(OCc2cccc(OC)c2)nc(SC)n1. The molecular formula is C14H17N3O2S. The molecule has 20 heavy (non-hydrogen) atoms. The lowest BCUT2D eigenvalue weighted by molar-refractivity contribution is 0.290. The maximum Gasteiger partial charge on any atom is 0.219 e. The molecule has 0 fully saturated rings. The summed E-state index contributed by atoms with van der Waals surface area (Å²) in [6.07, 6.45) is 1.93. The van der Waals surface area contributed by atoms with Gasteiger partial charge in [0, 0.05) is 13.1 Å². The van der Waals surface area contributed by atoms with Gasteiger partial charge in [0.25, 0.3) is 0 Å². The molecular weight excluding hydrogens is 274 g/mol. The van der Waals surface area contributed by atoms with Crippen molar-refractivity contribution in [1.82, 2.24) is 9.97 Å². The van der Waals surface area contributed by atoms with E-state index in [1.54, 1.807) is 13.2 Å². The minimum Gasteiger partial charge on any atom is -0.497 e. The summed E-state index contributed by atoms with van der Waals surface area (Å²) in [5.41, 5.74) is 1.03. The van der Waals surface area contributed by atoms with E-state index in [9.17, 15) is 0 Å². The molecule has 106 valence electrons. The first-order valence-corrected chi connectivity index (χ1v) is 7.34. The summed E-state index contributed by atoms with van der Waals surface area (Å²) in [6.45, 7) is 0.436. The highest BCUT2D eigenvalue weighted by atomic mass is 32.2. The minimum absolute atomic E-state index is 0.436. The smallest absolute Gasteiger partial charge is 0.219 e. The Morgan fingerprint density at radius 2 is 2.10 bits per heavy atom. The predicted octanol–water partition coefficient (Wildman–Crippen LogP) is 2.83. The van der Waals surface area contributed by atoms with Gasteiger partial charge in [-0.05, 0) is 24.0 Å². The molecule has 0 aliphatic rings. The first kappa shape index (κ1) is 14.5. The lowest BCUT2D eigenvalue weighted by atomic mass is 10.2. The molecule has 2 aromatic rings. The Balaban J connectivity index is 2.09. The number of methoxy groups -OCH3 is 1. The Morgan fingerprint density at radius 1 is 1.25 bits per heavy atom. The van der Waals surface area contributed by atoms with Gasteiger partial charge < -0.3 is 14.8 Å². The number of anilines is 1. The van der Waals surface area contributed by atoms with Crippen LogP contribution in [0, 0.1) is 0 Å². The monoisotopic (exact) mass is 291 g/mol. The molecule has 0 aliphatic carbocycles. The van der Waals surface area contributed by atoms with Gasteiger partial charge in [-0.2, -0.15) is 4.98 Å². The van der Waals surface area contributed by atoms with Gasteiger partial charge in [-0.25, -0.2) is 4.98 Å². The topological polar surface area (TPSA) is 56.3 Å². The van der Waals surface area contributed by atoms with Gasteiger partial charge in [0.15, 0.2) is 5.16 Å². The van der Waals surface area contributed by atoms with Crippen molar-refractivity contribution in [2.45, 2.75) is 11.8 Å². The molecule has 0 bridgehead atoms. The average molecular weight is 291 g/mol. The third-order valence-corrected chi connectivity index (χ3v) is 3.19. The van der Waals surface area contributed by atoms with Crippen LogP contribution in [0.1, 0.15) is 5.56 Å². The van der Waals surface area contributed by atoms with Crippen molar-refractivity contribution in [3.05, 3.63) is 35.9 Å². The molecule has 0 unspecified atom stereocenters. The lowest BCUT2D eigenvalue weighted by Crippen LogP contribution is -2.01. The van der Waals surface area contributed by atoms with Gasteiger partial charge in [-0.3, -0.25) is 0 Å². The zero-order valence-electron chi connectivity index (χ0n) is 11.7. The second kappa shape index (κ2) is 7.00. The van der Waals surface area contributed by atoms with E-state index in [-0.39, 0.29) is 0 Å². The van der Waals surface area contributed by atoms with Crippen LogP contribution in [0.5, 0.6) is 11.6 Å². The number of nitrogens with one attached hydrogen (secondary N) is 1. The fourth-order valence-electron chi connectivity index (χ4n) is 1.62. The van der Waals surface area contributed by atoms with Gasteiger partial charge in [0.05, 0.1) is 7.11 Å². The second-order valence-corrected chi connectivity index (χ2v) is 4.74. The summed E-state index contributed by atoms with van der Waals surface area (Å²) in [7, 11) is 3.46. The van der Waals surface area contributed by atoms with E-state index in [2.05, 4.69) is 15.3 Å². The number of benzene rings is 1. The normalized spacial score (nSPS) is 10.2. The van der Waals surface area contributed by atoms with Crippen LogP contribution in [0.25, 0.3) is 0 Å². The van der Waals surface area contributed by atoms with Crippen molar-refractivity contribution < 1.29 is 9.47 Å². The molecule has 0 saturated carbocycles. The summed E-state index contributed by atoms with van der Waals surface area (Å²) >= 11 is 1.48. The van der Waals surface area contributed by atoms with Crippen molar-refractivity contribution in [2.24, 2.45) is 0 Å². The summed E-state index contributed by atoms with van der Waals surface area (Å²) in [4.78, 5) is 8.61. The van der Waals surface area contributed by atoms with Crippen LogP contribution < -0.4 is 14.8 Å². The number of hydrogen-bond donors (Lipinski definition) is 1. The molecule has 2 rings (SSSR count). The first-order chi connectivity index (χ1) is 9.75. The zero-order chi connectivity index (χ0) is 14.4. The van der Waals surface area contributed by atoms with Gasteiger partial charge in [0.2, 0.25) is 5.88 Å². The lowest BCUT2D eigenvalue weighted by Gasteiger charge is -2.09. The Hall–Kier alpha value is -1.95.